The molecule has 1 aliphatic rings. The summed E-state index contributed by atoms with van der Waals surface area (Å²) in [5, 5.41) is 46.7. The number of ether oxygens (including phenoxy) is 1. The lowest BCUT2D eigenvalue weighted by Gasteiger charge is -2.18. The van der Waals surface area contributed by atoms with E-state index in [1.165, 1.54) is 0 Å². The molecular formula is C7H13NO7. The van der Waals surface area contributed by atoms with Gasteiger partial charge in [0, 0.05) is 4.92 Å². The van der Waals surface area contributed by atoms with Gasteiger partial charge in [-0.1, -0.05) is 0 Å². The summed E-state index contributed by atoms with van der Waals surface area (Å²) in [6.45, 7) is -1.31. The molecule has 0 unspecified atom stereocenters. The average Bonchev–Trinajstić information content (AvgIpc) is 2.44. The highest BCUT2D eigenvalue weighted by atomic mass is 16.6. The molecule has 1 heterocycles. The van der Waals surface area contributed by atoms with E-state index < -0.39 is 48.6 Å². The quantitative estimate of drug-likeness (QED) is 0.297. The first-order valence-corrected chi connectivity index (χ1v) is 4.39. The minimum absolute atomic E-state index is 0.653. The van der Waals surface area contributed by atoms with Crippen LogP contribution in [0.5, 0.6) is 0 Å². The van der Waals surface area contributed by atoms with Gasteiger partial charge < -0.3 is 25.2 Å². The van der Waals surface area contributed by atoms with Crippen LogP contribution in [0.15, 0.2) is 0 Å². The van der Waals surface area contributed by atoms with Gasteiger partial charge in [-0.2, -0.15) is 0 Å². The zero-order chi connectivity index (χ0) is 11.6. The number of hydrogen-bond acceptors (Lipinski definition) is 7. The predicted octanol–water partition coefficient (Wildman–Crippen LogP) is -2.89. The summed E-state index contributed by atoms with van der Waals surface area (Å²) in [6.07, 6.45) is -6.60. The third-order valence-corrected chi connectivity index (χ3v) is 2.29. The highest BCUT2D eigenvalue weighted by Gasteiger charge is 2.47. The third-order valence-electron chi connectivity index (χ3n) is 2.29. The maximum absolute atomic E-state index is 10.2. The Bertz CT molecular complexity index is 235. The number of nitrogens with zero attached hydrogens (tertiary/aromatic N) is 1. The molecule has 0 aromatic carbocycles. The second-order valence-electron chi connectivity index (χ2n) is 3.39. The van der Waals surface area contributed by atoms with E-state index in [0.717, 1.165) is 0 Å². The van der Waals surface area contributed by atoms with Gasteiger partial charge in [-0.05, 0) is 0 Å². The van der Waals surface area contributed by atoms with Gasteiger partial charge in [0.15, 0.2) is 6.10 Å². The van der Waals surface area contributed by atoms with Crippen LogP contribution in [0.1, 0.15) is 0 Å². The van der Waals surface area contributed by atoms with Crippen LogP contribution in [-0.2, 0) is 4.74 Å². The van der Waals surface area contributed by atoms with Crippen molar-refractivity contribution in [3.05, 3.63) is 10.1 Å². The summed E-state index contributed by atoms with van der Waals surface area (Å²) in [6, 6.07) is 0. The van der Waals surface area contributed by atoms with Crippen LogP contribution in [0.25, 0.3) is 0 Å². The molecule has 0 amide bonds. The second kappa shape index (κ2) is 4.81. The molecule has 4 N–H and O–H groups in total. The molecule has 1 saturated heterocycles. The van der Waals surface area contributed by atoms with E-state index in [9.17, 15) is 25.4 Å². The first-order chi connectivity index (χ1) is 6.97. The molecule has 0 spiro atoms. The smallest absolute Gasteiger partial charge is 0.232 e. The van der Waals surface area contributed by atoms with E-state index in [0.29, 0.717) is 0 Å². The molecule has 0 radical (unpaired) electrons. The Morgan fingerprint density at radius 2 is 2.00 bits per heavy atom. The summed E-state index contributed by atoms with van der Waals surface area (Å²) in [5.41, 5.74) is 0. The summed E-state index contributed by atoms with van der Waals surface area (Å²) < 4.78 is 4.90. The first kappa shape index (κ1) is 12.3. The van der Waals surface area contributed by atoms with Crippen LogP contribution >= 0.6 is 0 Å². The van der Waals surface area contributed by atoms with Crippen LogP contribution in [-0.4, -0.2) is 69.0 Å². The van der Waals surface area contributed by atoms with Gasteiger partial charge in [0.1, 0.15) is 24.4 Å². The van der Waals surface area contributed by atoms with Gasteiger partial charge in [-0.15, -0.1) is 0 Å². The van der Waals surface area contributed by atoms with E-state index in [4.69, 9.17) is 9.84 Å². The van der Waals surface area contributed by atoms with Gasteiger partial charge in [-0.3, -0.25) is 10.1 Å². The second-order valence-corrected chi connectivity index (χ2v) is 3.39. The molecule has 8 heteroatoms. The maximum Gasteiger partial charge on any atom is 0.232 e. The molecule has 1 rings (SSSR count). The fourth-order valence-electron chi connectivity index (χ4n) is 1.50. The molecule has 0 saturated carbocycles. The zero-order valence-corrected chi connectivity index (χ0v) is 7.76. The van der Waals surface area contributed by atoms with Crippen molar-refractivity contribution in [3.63, 3.8) is 0 Å². The van der Waals surface area contributed by atoms with E-state index in [2.05, 4.69) is 0 Å². The van der Waals surface area contributed by atoms with E-state index in [1.807, 2.05) is 0 Å². The van der Waals surface area contributed by atoms with Crippen molar-refractivity contribution in [2.24, 2.45) is 0 Å². The zero-order valence-electron chi connectivity index (χ0n) is 7.76. The predicted molar refractivity (Wildman–Crippen MR) is 45.6 cm³/mol. The van der Waals surface area contributed by atoms with Crippen molar-refractivity contribution in [1.82, 2.24) is 0 Å². The van der Waals surface area contributed by atoms with Crippen LogP contribution in [0.2, 0.25) is 0 Å². The molecule has 88 valence electrons. The summed E-state index contributed by atoms with van der Waals surface area (Å²) in [4.78, 5) is 9.49. The number of rotatable bonds is 4. The monoisotopic (exact) mass is 223 g/mol. The van der Waals surface area contributed by atoms with E-state index in [-0.39, 0.29) is 0 Å². The molecule has 8 nitrogen and oxygen atoms in total. The van der Waals surface area contributed by atoms with Crippen molar-refractivity contribution in [2.75, 3.05) is 13.2 Å². The Morgan fingerprint density at radius 3 is 2.47 bits per heavy atom. The fraction of sp³-hybridized carbons (Fsp3) is 1.00. The van der Waals surface area contributed by atoms with E-state index in [1.54, 1.807) is 0 Å². The molecule has 0 bridgehead atoms. The van der Waals surface area contributed by atoms with Crippen molar-refractivity contribution in [2.45, 2.75) is 30.5 Å². The fourth-order valence-corrected chi connectivity index (χ4v) is 1.50. The summed E-state index contributed by atoms with van der Waals surface area (Å²) >= 11 is 0. The average molecular weight is 223 g/mol. The molecule has 1 fully saturated rings. The van der Waals surface area contributed by atoms with Gasteiger partial charge in [0.2, 0.25) is 6.54 Å². The van der Waals surface area contributed by atoms with Gasteiger partial charge in [-0.25, -0.2) is 0 Å². The van der Waals surface area contributed by atoms with Crippen LogP contribution < -0.4 is 0 Å². The highest BCUT2D eigenvalue weighted by Crippen LogP contribution is 2.23. The first-order valence-electron chi connectivity index (χ1n) is 4.39. The number of aliphatic hydroxyl groups excluding tert-OH is 4. The third kappa shape index (κ3) is 2.61. The molecule has 0 aromatic rings. The molecule has 5 atom stereocenters. The lowest BCUT2D eigenvalue weighted by Crippen LogP contribution is -2.40. The number of hydrogen-bond donors (Lipinski definition) is 4. The van der Waals surface area contributed by atoms with Crippen molar-refractivity contribution in [1.29, 1.82) is 0 Å². The van der Waals surface area contributed by atoms with Crippen molar-refractivity contribution < 1.29 is 30.1 Å². The number of aliphatic hydroxyl groups is 4. The SMILES string of the molecule is O=[N+]([O-])C[C@H]1O[C@H]([C@@H](O)CO)[C@H](O)[C@H]1O. The normalized spacial score (nSPS) is 37.9. The molecule has 1 aliphatic heterocycles. The Balaban J connectivity index is 2.62. The lowest BCUT2D eigenvalue weighted by molar-refractivity contribution is -0.492. The van der Waals surface area contributed by atoms with Gasteiger partial charge in [0.05, 0.1) is 6.61 Å². The van der Waals surface area contributed by atoms with Crippen molar-refractivity contribution >= 4 is 0 Å². The Hall–Kier alpha value is -0.800. The van der Waals surface area contributed by atoms with Crippen LogP contribution in [0.4, 0.5) is 0 Å². The summed E-state index contributed by atoms with van der Waals surface area (Å²) in [5.74, 6) is 0. The van der Waals surface area contributed by atoms with Gasteiger partial charge >= 0.3 is 0 Å². The van der Waals surface area contributed by atoms with Gasteiger partial charge in [0.25, 0.3) is 0 Å². The highest BCUT2D eigenvalue weighted by molar-refractivity contribution is 4.93. The lowest BCUT2D eigenvalue weighted by atomic mass is 10.0. The molecule has 15 heavy (non-hydrogen) atoms. The van der Waals surface area contributed by atoms with E-state index >= 15 is 0 Å². The summed E-state index contributed by atoms with van der Waals surface area (Å²) in [7, 11) is 0. The Morgan fingerprint density at radius 1 is 1.40 bits per heavy atom. The minimum atomic E-state index is -1.43. The largest absolute Gasteiger partial charge is 0.394 e. The Labute approximate surface area is 84.9 Å². The van der Waals surface area contributed by atoms with Crippen LogP contribution in [0, 0.1) is 10.1 Å². The topological polar surface area (TPSA) is 133 Å². The molecule has 0 aliphatic carbocycles. The minimum Gasteiger partial charge on any atom is -0.394 e. The molecular weight excluding hydrogens is 210 g/mol. The molecule has 0 aromatic heterocycles. The van der Waals surface area contributed by atoms with Crippen LogP contribution in [0.3, 0.4) is 0 Å². The van der Waals surface area contributed by atoms with Crippen molar-refractivity contribution in [3.8, 4) is 0 Å². The Kier molecular flexibility index (Phi) is 3.94. The number of nitro groups is 1. The standard InChI is InChI=1S/C7H13NO7/c9-2-3(10)7-6(12)5(11)4(15-7)1-8(13)14/h3-7,9-12H,1-2H2/t3-,4+,5-,6+,7+/m0/s1. The maximum atomic E-state index is 10.2.